The highest BCUT2D eigenvalue weighted by Gasteiger charge is 2.47. The molecular formula is C64H109NO10. The van der Waals surface area contributed by atoms with Crippen molar-refractivity contribution < 1.29 is 49.3 Å². The van der Waals surface area contributed by atoms with Gasteiger partial charge in [-0.3, -0.25) is 9.59 Å². The summed E-state index contributed by atoms with van der Waals surface area (Å²) in [6, 6.07) is -1.06. The third kappa shape index (κ3) is 39.6. The fourth-order valence-corrected chi connectivity index (χ4v) is 8.71. The average molecular weight is 1050 g/mol. The first-order valence-electron chi connectivity index (χ1n) is 30.0. The summed E-state index contributed by atoms with van der Waals surface area (Å²) in [6.07, 6.45) is 57.4. The van der Waals surface area contributed by atoms with Crippen molar-refractivity contribution in [1.82, 2.24) is 5.32 Å². The number of rotatable bonds is 49. The van der Waals surface area contributed by atoms with Gasteiger partial charge in [0.15, 0.2) is 12.4 Å². The van der Waals surface area contributed by atoms with E-state index < -0.39 is 67.4 Å². The molecule has 75 heavy (non-hydrogen) atoms. The van der Waals surface area contributed by atoms with E-state index in [0.717, 1.165) is 96.3 Å². The van der Waals surface area contributed by atoms with Gasteiger partial charge in [-0.25, -0.2) is 0 Å². The maximum absolute atomic E-state index is 13.4. The lowest BCUT2D eigenvalue weighted by molar-refractivity contribution is -0.305. The van der Waals surface area contributed by atoms with Gasteiger partial charge in [-0.1, -0.05) is 227 Å². The van der Waals surface area contributed by atoms with Crippen molar-refractivity contribution in [2.45, 2.75) is 282 Å². The van der Waals surface area contributed by atoms with Gasteiger partial charge in [-0.2, -0.15) is 0 Å². The molecule has 0 aliphatic carbocycles. The number of amides is 1. The van der Waals surface area contributed by atoms with Crippen LogP contribution in [0.25, 0.3) is 0 Å². The Labute approximate surface area is 456 Å². The quantitative estimate of drug-likeness (QED) is 0.0195. The smallest absolute Gasteiger partial charge is 0.306 e. The van der Waals surface area contributed by atoms with Crippen LogP contribution in [0.3, 0.4) is 0 Å². The van der Waals surface area contributed by atoms with Crippen molar-refractivity contribution >= 4 is 11.9 Å². The second-order valence-corrected chi connectivity index (χ2v) is 20.3. The van der Waals surface area contributed by atoms with E-state index in [0.29, 0.717) is 12.8 Å². The van der Waals surface area contributed by atoms with Crippen LogP contribution >= 0.6 is 0 Å². The molecule has 1 aliphatic heterocycles. The van der Waals surface area contributed by atoms with E-state index in [1.165, 1.54) is 89.9 Å². The van der Waals surface area contributed by atoms with Gasteiger partial charge < -0.3 is 45.1 Å². The topological polar surface area (TPSA) is 175 Å². The molecule has 1 amide bonds. The molecule has 0 aromatic rings. The number of hydrogen-bond donors (Lipinski definition) is 6. The summed E-state index contributed by atoms with van der Waals surface area (Å²) in [5.41, 5.74) is 0. The van der Waals surface area contributed by atoms with Gasteiger partial charge in [-0.15, -0.1) is 0 Å². The number of allylic oxidation sites excluding steroid dienone is 15. The summed E-state index contributed by atoms with van der Waals surface area (Å²) in [7, 11) is 0. The molecule has 0 aromatic heterocycles. The first-order valence-corrected chi connectivity index (χ1v) is 30.0. The van der Waals surface area contributed by atoms with E-state index in [1.54, 1.807) is 6.08 Å². The molecule has 1 aliphatic rings. The summed E-state index contributed by atoms with van der Waals surface area (Å²) in [4.78, 5) is 26.5. The molecule has 11 nitrogen and oxygen atoms in total. The zero-order valence-corrected chi connectivity index (χ0v) is 47.4. The Balaban J connectivity index is 2.72. The number of nitrogens with one attached hydrogen (secondary N) is 1. The highest BCUT2D eigenvalue weighted by Crippen LogP contribution is 2.26. The van der Waals surface area contributed by atoms with Crippen LogP contribution in [0.4, 0.5) is 0 Å². The lowest BCUT2D eigenvalue weighted by Gasteiger charge is -2.41. The predicted molar refractivity (Wildman–Crippen MR) is 310 cm³/mol. The number of hydrogen-bond acceptors (Lipinski definition) is 10. The Morgan fingerprint density at radius 3 is 1.47 bits per heavy atom. The lowest BCUT2D eigenvalue weighted by atomic mass is 9.99. The molecule has 8 unspecified atom stereocenters. The minimum atomic E-state index is -1.63. The minimum Gasteiger partial charge on any atom is -0.454 e. The molecule has 0 spiro atoms. The van der Waals surface area contributed by atoms with Gasteiger partial charge in [0, 0.05) is 6.42 Å². The van der Waals surface area contributed by atoms with Gasteiger partial charge in [0.25, 0.3) is 0 Å². The zero-order valence-electron chi connectivity index (χ0n) is 47.4. The first kappa shape index (κ1) is 69.6. The third-order valence-electron chi connectivity index (χ3n) is 13.5. The van der Waals surface area contributed by atoms with Gasteiger partial charge in [0.2, 0.25) is 5.91 Å². The maximum Gasteiger partial charge on any atom is 0.306 e. The SMILES string of the molecule is CC/C=C\C/C=C\C/C=C\C/C=C\C/C=C\CCC(O)C(=O)NC(COC1OC(CO)C(O)C(O)C1OC(=O)CCCCCCCCCCC/C=C\C/C=C\CCCCC)C(O)/C=C/CCCCCCCCCCC. The van der Waals surface area contributed by atoms with Crippen LogP contribution in [0.1, 0.15) is 233 Å². The Kier molecular flexibility index (Phi) is 47.6. The maximum atomic E-state index is 13.4. The van der Waals surface area contributed by atoms with Crippen LogP contribution in [-0.2, 0) is 23.8 Å². The molecule has 6 N–H and O–H groups in total. The van der Waals surface area contributed by atoms with Gasteiger partial charge in [0.05, 0.1) is 25.4 Å². The number of aliphatic hydroxyl groups excluding tert-OH is 5. The van der Waals surface area contributed by atoms with Crippen LogP contribution in [0.15, 0.2) is 97.2 Å². The summed E-state index contributed by atoms with van der Waals surface area (Å²) < 4.78 is 17.6. The van der Waals surface area contributed by atoms with Crippen molar-refractivity contribution in [3.05, 3.63) is 97.2 Å². The number of ether oxygens (including phenoxy) is 3. The van der Waals surface area contributed by atoms with Gasteiger partial charge in [-0.05, 0) is 96.3 Å². The fourth-order valence-electron chi connectivity index (χ4n) is 8.71. The molecular weight excluding hydrogens is 943 g/mol. The Bertz CT molecular complexity index is 1580. The molecule has 1 saturated heterocycles. The first-order chi connectivity index (χ1) is 36.7. The van der Waals surface area contributed by atoms with Crippen LogP contribution < -0.4 is 5.32 Å². The van der Waals surface area contributed by atoms with Crippen molar-refractivity contribution in [2.75, 3.05) is 13.2 Å². The van der Waals surface area contributed by atoms with E-state index in [-0.39, 0.29) is 19.4 Å². The number of carbonyl (C=O) groups excluding carboxylic acids is 2. The van der Waals surface area contributed by atoms with Crippen molar-refractivity contribution in [3.8, 4) is 0 Å². The van der Waals surface area contributed by atoms with Crippen molar-refractivity contribution in [1.29, 1.82) is 0 Å². The average Bonchev–Trinajstić information content (AvgIpc) is 3.41. The molecule has 0 aromatic carbocycles. The number of aliphatic hydroxyl groups is 5. The number of unbranched alkanes of at least 4 members (excludes halogenated alkanes) is 21. The minimum absolute atomic E-state index is 0.107. The summed E-state index contributed by atoms with van der Waals surface area (Å²) >= 11 is 0. The molecule has 0 bridgehead atoms. The molecule has 430 valence electrons. The summed E-state index contributed by atoms with van der Waals surface area (Å²) in [5.74, 6) is -1.27. The van der Waals surface area contributed by atoms with Crippen molar-refractivity contribution in [2.24, 2.45) is 0 Å². The summed E-state index contributed by atoms with van der Waals surface area (Å²) in [5, 5.41) is 56.8. The lowest BCUT2D eigenvalue weighted by Crippen LogP contribution is -2.61. The normalized spacial score (nSPS) is 19.9. The van der Waals surface area contributed by atoms with E-state index in [2.05, 4.69) is 99.0 Å². The van der Waals surface area contributed by atoms with Gasteiger partial charge in [0.1, 0.15) is 24.4 Å². The fraction of sp³-hybridized carbons (Fsp3) is 0.719. The Morgan fingerprint density at radius 2 is 0.960 bits per heavy atom. The molecule has 1 fully saturated rings. The van der Waals surface area contributed by atoms with Crippen LogP contribution in [-0.4, -0.2) is 99.6 Å². The highest BCUT2D eigenvalue weighted by molar-refractivity contribution is 5.80. The monoisotopic (exact) mass is 1050 g/mol. The molecule has 11 heteroatoms. The second kappa shape index (κ2) is 51.3. The molecule has 0 saturated carbocycles. The highest BCUT2D eigenvalue weighted by atomic mass is 16.7. The van der Waals surface area contributed by atoms with E-state index >= 15 is 0 Å². The number of esters is 1. The number of carbonyl (C=O) groups is 2. The standard InChI is InChI=1S/C64H109NO10/c1-4-7-10-13-16-19-22-24-26-28-29-30-32-34-37-40-43-46-49-52-59(69)75-62-61(71)60(70)58(53-66)74-64(62)73-54-55(56(67)50-47-44-41-38-35-21-18-15-12-9-6-3)65-63(72)57(68)51-48-45-42-39-36-33-31-27-25-23-20-17-14-11-8-5-2/h8,11,16-17,19-20,24-27,33,36,42,45,47,50,55-58,60-62,64,66-68,70-71H,4-7,9-10,12-15,18,21-23,28-32,34-35,37-41,43-44,46,48-49,51-54H2,1-3H3,(H,65,72)/b11-8-,19-16-,20-17-,26-24-,27-25-,36-33-,45-42-,50-47+. The Morgan fingerprint density at radius 1 is 0.533 bits per heavy atom. The predicted octanol–water partition coefficient (Wildman–Crippen LogP) is 13.9. The largest absolute Gasteiger partial charge is 0.454 e. The van der Waals surface area contributed by atoms with E-state index in [1.807, 2.05) is 18.2 Å². The summed E-state index contributed by atoms with van der Waals surface area (Å²) in [6.45, 7) is 5.59. The van der Waals surface area contributed by atoms with Crippen LogP contribution in [0.5, 0.6) is 0 Å². The van der Waals surface area contributed by atoms with E-state index in [9.17, 15) is 35.1 Å². The van der Waals surface area contributed by atoms with E-state index in [4.69, 9.17) is 14.2 Å². The van der Waals surface area contributed by atoms with Crippen LogP contribution in [0.2, 0.25) is 0 Å². The molecule has 1 rings (SSSR count). The molecule has 8 atom stereocenters. The second-order valence-electron chi connectivity index (χ2n) is 20.3. The third-order valence-corrected chi connectivity index (χ3v) is 13.5. The zero-order chi connectivity index (χ0) is 54.7. The molecule has 0 radical (unpaired) electrons. The Hall–Kier alpha value is -3.42. The van der Waals surface area contributed by atoms with Crippen molar-refractivity contribution in [3.63, 3.8) is 0 Å². The van der Waals surface area contributed by atoms with Gasteiger partial charge >= 0.3 is 5.97 Å². The molecule has 1 heterocycles. The van der Waals surface area contributed by atoms with Crippen LogP contribution in [0, 0.1) is 0 Å².